The molecular formula is C16H17NO4. The van der Waals surface area contributed by atoms with Crippen LogP contribution in [0.3, 0.4) is 0 Å². The summed E-state index contributed by atoms with van der Waals surface area (Å²) in [5.74, 6) is -0.771. The zero-order valence-electron chi connectivity index (χ0n) is 12.1. The van der Waals surface area contributed by atoms with Crippen LogP contribution in [0.1, 0.15) is 47.4 Å². The molecule has 0 saturated carbocycles. The molecule has 0 amide bonds. The second-order valence-electron chi connectivity index (χ2n) is 4.84. The highest BCUT2D eigenvalue weighted by molar-refractivity contribution is 5.99. The number of carbonyl (C=O) groups is 2. The van der Waals surface area contributed by atoms with Gasteiger partial charge in [-0.15, -0.1) is 0 Å². The van der Waals surface area contributed by atoms with Crippen LogP contribution in [-0.2, 0) is 4.74 Å². The average molecular weight is 287 g/mol. The minimum atomic E-state index is -0.460. The normalized spacial score (nSPS) is 10.6. The molecule has 1 N–H and O–H groups in total. The van der Waals surface area contributed by atoms with Gasteiger partial charge in [0.2, 0.25) is 0 Å². The Morgan fingerprint density at radius 3 is 2.71 bits per heavy atom. The van der Waals surface area contributed by atoms with E-state index in [2.05, 4.69) is 4.98 Å². The Kier molecular flexibility index (Phi) is 4.52. The predicted octanol–water partition coefficient (Wildman–Crippen LogP) is 2.69. The van der Waals surface area contributed by atoms with Crippen molar-refractivity contribution in [1.82, 2.24) is 4.98 Å². The van der Waals surface area contributed by atoms with Crippen LogP contribution in [-0.4, -0.2) is 23.3 Å². The number of hydrogen-bond donors (Lipinski definition) is 1. The third-order valence-electron chi connectivity index (χ3n) is 3.23. The molecule has 5 nitrogen and oxygen atoms in total. The van der Waals surface area contributed by atoms with Crippen molar-refractivity contribution in [2.45, 2.75) is 26.7 Å². The lowest BCUT2D eigenvalue weighted by atomic mass is 10.1. The van der Waals surface area contributed by atoms with Crippen molar-refractivity contribution < 1.29 is 14.3 Å². The van der Waals surface area contributed by atoms with Crippen LogP contribution in [0.15, 0.2) is 29.2 Å². The number of fused-ring (bicyclic) bond motifs is 1. The number of hydrogen-bond acceptors (Lipinski definition) is 4. The number of benzene rings is 1. The average Bonchev–Trinajstić information content (AvgIpc) is 2.47. The van der Waals surface area contributed by atoms with E-state index in [9.17, 15) is 14.4 Å². The number of ether oxygens (including phenoxy) is 1. The number of aromatic amines is 1. The molecule has 2 aromatic rings. The fourth-order valence-corrected chi connectivity index (χ4v) is 2.00. The number of esters is 1. The zero-order valence-corrected chi connectivity index (χ0v) is 12.1. The van der Waals surface area contributed by atoms with E-state index in [0.717, 1.165) is 12.8 Å². The Bertz CT molecular complexity index is 746. The summed E-state index contributed by atoms with van der Waals surface area (Å²) in [4.78, 5) is 38.4. The molecule has 0 aliphatic carbocycles. The molecule has 1 aromatic carbocycles. The highest BCUT2D eigenvalue weighted by Crippen LogP contribution is 2.13. The maximum Gasteiger partial charge on any atom is 0.338 e. The molecule has 0 aliphatic heterocycles. The predicted molar refractivity (Wildman–Crippen MR) is 79.8 cm³/mol. The van der Waals surface area contributed by atoms with Crippen LogP contribution in [0.5, 0.6) is 0 Å². The standard InChI is InChI=1S/C16H17NO4/c1-3-4-7-21-16(20)11-5-6-14-12(8-11)15(19)13(9-17-14)10(2)18/h5-6,8-9H,3-4,7H2,1-2H3,(H,17,19). The van der Waals surface area contributed by atoms with E-state index in [4.69, 9.17) is 4.74 Å². The Morgan fingerprint density at radius 2 is 2.05 bits per heavy atom. The van der Waals surface area contributed by atoms with Gasteiger partial charge in [-0.2, -0.15) is 0 Å². The lowest BCUT2D eigenvalue weighted by Gasteiger charge is -2.05. The molecule has 110 valence electrons. The van der Waals surface area contributed by atoms with Crippen molar-refractivity contribution in [2.24, 2.45) is 0 Å². The number of rotatable bonds is 5. The van der Waals surface area contributed by atoms with Gasteiger partial charge in [0, 0.05) is 17.1 Å². The van der Waals surface area contributed by atoms with Crippen LogP contribution in [0, 0.1) is 0 Å². The van der Waals surface area contributed by atoms with E-state index in [1.54, 1.807) is 12.1 Å². The number of unbranched alkanes of at least 4 members (excludes halogenated alkanes) is 1. The van der Waals surface area contributed by atoms with Gasteiger partial charge in [-0.1, -0.05) is 13.3 Å². The molecule has 0 spiro atoms. The van der Waals surface area contributed by atoms with Crippen LogP contribution >= 0.6 is 0 Å². The molecule has 0 bridgehead atoms. The van der Waals surface area contributed by atoms with Gasteiger partial charge in [0.05, 0.1) is 17.7 Å². The third kappa shape index (κ3) is 3.18. The first-order valence-electron chi connectivity index (χ1n) is 6.88. The number of ketones is 1. The van der Waals surface area contributed by atoms with Crippen molar-refractivity contribution in [2.75, 3.05) is 6.61 Å². The second-order valence-corrected chi connectivity index (χ2v) is 4.84. The summed E-state index contributed by atoms with van der Waals surface area (Å²) in [6.07, 6.45) is 3.13. The van der Waals surface area contributed by atoms with Gasteiger partial charge in [-0.25, -0.2) is 4.79 Å². The first-order valence-corrected chi connectivity index (χ1v) is 6.88. The Morgan fingerprint density at radius 1 is 1.29 bits per heavy atom. The molecule has 0 saturated heterocycles. The Hall–Kier alpha value is -2.43. The van der Waals surface area contributed by atoms with Gasteiger partial charge in [-0.3, -0.25) is 9.59 Å². The van der Waals surface area contributed by atoms with Crippen molar-refractivity contribution in [3.05, 3.63) is 45.7 Å². The molecule has 0 unspecified atom stereocenters. The smallest absolute Gasteiger partial charge is 0.338 e. The zero-order chi connectivity index (χ0) is 15.4. The molecule has 0 aliphatic rings. The summed E-state index contributed by atoms with van der Waals surface area (Å²) in [5.41, 5.74) is 0.596. The number of carbonyl (C=O) groups excluding carboxylic acids is 2. The molecule has 1 aromatic heterocycles. The highest BCUT2D eigenvalue weighted by atomic mass is 16.5. The van der Waals surface area contributed by atoms with Crippen LogP contribution in [0.4, 0.5) is 0 Å². The first-order chi connectivity index (χ1) is 10.0. The number of aromatic nitrogens is 1. The van der Waals surface area contributed by atoms with Gasteiger partial charge >= 0.3 is 5.97 Å². The third-order valence-corrected chi connectivity index (χ3v) is 3.23. The molecule has 0 atom stereocenters. The summed E-state index contributed by atoms with van der Waals surface area (Å²) in [7, 11) is 0. The van der Waals surface area contributed by atoms with E-state index in [0.29, 0.717) is 23.1 Å². The minimum Gasteiger partial charge on any atom is -0.462 e. The summed E-state index contributed by atoms with van der Waals surface area (Å²) < 4.78 is 5.12. The Labute approximate surface area is 121 Å². The summed E-state index contributed by atoms with van der Waals surface area (Å²) >= 11 is 0. The quantitative estimate of drug-likeness (QED) is 0.521. The maximum atomic E-state index is 12.2. The van der Waals surface area contributed by atoms with E-state index < -0.39 is 5.97 Å². The van der Waals surface area contributed by atoms with Crippen molar-refractivity contribution in [1.29, 1.82) is 0 Å². The second kappa shape index (κ2) is 6.35. The van der Waals surface area contributed by atoms with E-state index in [1.807, 2.05) is 6.92 Å². The molecule has 21 heavy (non-hydrogen) atoms. The Balaban J connectivity index is 2.40. The van der Waals surface area contributed by atoms with Gasteiger partial charge in [0.25, 0.3) is 0 Å². The van der Waals surface area contributed by atoms with Gasteiger partial charge in [0.1, 0.15) is 0 Å². The fourth-order valence-electron chi connectivity index (χ4n) is 2.00. The lowest BCUT2D eigenvalue weighted by molar-refractivity contribution is 0.0500. The molecule has 1 heterocycles. The lowest BCUT2D eigenvalue weighted by Crippen LogP contribution is -2.14. The topological polar surface area (TPSA) is 76.2 Å². The molecule has 0 radical (unpaired) electrons. The van der Waals surface area contributed by atoms with Crippen LogP contribution < -0.4 is 5.43 Å². The van der Waals surface area contributed by atoms with Crippen LogP contribution in [0.25, 0.3) is 10.9 Å². The number of nitrogens with one attached hydrogen (secondary N) is 1. The SMILES string of the molecule is CCCCOC(=O)c1ccc2[nH]cc(C(C)=O)c(=O)c2c1. The van der Waals surface area contributed by atoms with Crippen molar-refractivity contribution >= 4 is 22.7 Å². The molecule has 0 fully saturated rings. The van der Waals surface area contributed by atoms with Crippen LogP contribution in [0.2, 0.25) is 0 Å². The first kappa shape index (κ1) is 15.0. The molecular weight excluding hydrogens is 270 g/mol. The minimum absolute atomic E-state index is 0.0824. The van der Waals surface area contributed by atoms with Gasteiger partial charge < -0.3 is 9.72 Å². The van der Waals surface area contributed by atoms with Crippen molar-refractivity contribution in [3.8, 4) is 0 Å². The summed E-state index contributed by atoms with van der Waals surface area (Å²) in [5, 5.41) is 0.313. The van der Waals surface area contributed by atoms with Gasteiger partial charge in [-0.05, 0) is 31.5 Å². The largest absolute Gasteiger partial charge is 0.462 e. The molecule has 5 heteroatoms. The van der Waals surface area contributed by atoms with Crippen molar-refractivity contribution in [3.63, 3.8) is 0 Å². The maximum absolute atomic E-state index is 12.2. The van der Waals surface area contributed by atoms with E-state index >= 15 is 0 Å². The number of Topliss-reactive ketones (excluding diaryl/α,β-unsaturated/α-hetero) is 1. The van der Waals surface area contributed by atoms with E-state index in [1.165, 1.54) is 19.2 Å². The number of pyridine rings is 1. The fraction of sp³-hybridized carbons (Fsp3) is 0.312. The highest BCUT2D eigenvalue weighted by Gasteiger charge is 2.12. The summed E-state index contributed by atoms with van der Waals surface area (Å²) in [6.45, 7) is 3.70. The summed E-state index contributed by atoms with van der Waals surface area (Å²) in [6, 6.07) is 4.70. The number of H-pyrrole nitrogens is 1. The van der Waals surface area contributed by atoms with E-state index in [-0.39, 0.29) is 16.8 Å². The molecule has 2 rings (SSSR count). The van der Waals surface area contributed by atoms with Gasteiger partial charge in [0.15, 0.2) is 11.2 Å². The monoisotopic (exact) mass is 287 g/mol.